The maximum atomic E-state index is 13.1. The molecule has 2 aromatic carbocycles. The first-order chi connectivity index (χ1) is 12.6. The molecule has 0 aliphatic heterocycles. The van der Waals surface area contributed by atoms with Gasteiger partial charge in [0.25, 0.3) is 5.91 Å². The van der Waals surface area contributed by atoms with E-state index < -0.39 is 0 Å². The number of methoxy groups -OCH3 is 1. The minimum absolute atomic E-state index is 0.0344. The summed E-state index contributed by atoms with van der Waals surface area (Å²) in [5.41, 5.74) is 5.03. The van der Waals surface area contributed by atoms with E-state index in [9.17, 15) is 4.79 Å². The first-order valence-corrected chi connectivity index (χ1v) is 8.65. The lowest BCUT2D eigenvalue weighted by Gasteiger charge is -2.23. The molecule has 26 heavy (non-hydrogen) atoms. The predicted octanol–water partition coefficient (Wildman–Crippen LogP) is 3.54. The molecule has 0 radical (unpaired) electrons. The molecule has 3 rings (SSSR count). The molecule has 1 heterocycles. The van der Waals surface area contributed by atoms with Gasteiger partial charge in [0.2, 0.25) is 0 Å². The van der Waals surface area contributed by atoms with Crippen LogP contribution in [-0.4, -0.2) is 41.0 Å². The molecule has 0 saturated carbocycles. The summed E-state index contributed by atoms with van der Waals surface area (Å²) in [6.07, 6.45) is 0. The predicted molar refractivity (Wildman–Crippen MR) is 102 cm³/mol. The molecule has 3 aromatic rings. The number of hydrogen-bond acceptors (Lipinski definition) is 4. The van der Waals surface area contributed by atoms with E-state index in [1.807, 2.05) is 62.4 Å². The summed E-state index contributed by atoms with van der Waals surface area (Å²) in [7, 11) is 1.64. The zero-order valence-electron chi connectivity index (χ0n) is 15.4. The lowest BCUT2D eigenvalue weighted by atomic mass is 10.1. The molecular formula is C21H23N3O2. The molecule has 0 fully saturated rings. The number of fused-ring (bicyclic) bond motifs is 1. The zero-order chi connectivity index (χ0) is 18.5. The molecule has 1 amide bonds. The summed E-state index contributed by atoms with van der Waals surface area (Å²) in [6.45, 7) is 5.43. The van der Waals surface area contributed by atoms with Gasteiger partial charge in [0.15, 0.2) is 0 Å². The molecule has 0 aliphatic rings. The normalized spacial score (nSPS) is 10.9. The fourth-order valence-electron chi connectivity index (χ4n) is 2.80. The summed E-state index contributed by atoms with van der Waals surface area (Å²) in [5, 5.41) is 0. The average Bonchev–Trinajstić information content (AvgIpc) is 2.66. The maximum Gasteiger partial charge on any atom is 0.254 e. The summed E-state index contributed by atoms with van der Waals surface area (Å²) >= 11 is 0. The lowest BCUT2D eigenvalue weighted by molar-refractivity contribution is 0.0680. The van der Waals surface area contributed by atoms with Crippen molar-refractivity contribution in [3.8, 4) is 0 Å². The molecule has 134 valence electrons. The van der Waals surface area contributed by atoms with Crippen LogP contribution in [0.5, 0.6) is 0 Å². The minimum atomic E-state index is -0.0344. The van der Waals surface area contributed by atoms with E-state index in [2.05, 4.69) is 9.97 Å². The van der Waals surface area contributed by atoms with Crippen LogP contribution < -0.4 is 0 Å². The number of aromatic nitrogens is 2. The van der Waals surface area contributed by atoms with E-state index in [0.717, 1.165) is 28.0 Å². The number of carbonyl (C=O) groups excluding carboxylic acids is 1. The van der Waals surface area contributed by atoms with Crippen LogP contribution in [0.1, 0.15) is 27.3 Å². The third kappa shape index (κ3) is 4.06. The van der Waals surface area contributed by atoms with Crippen LogP contribution in [0.2, 0.25) is 0 Å². The van der Waals surface area contributed by atoms with Gasteiger partial charge in [-0.3, -0.25) is 4.79 Å². The molecule has 0 unspecified atom stereocenters. The highest BCUT2D eigenvalue weighted by Crippen LogP contribution is 2.17. The first kappa shape index (κ1) is 18.0. The highest BCUT2D eigenvalue weighted by molar-refractivity contribution is 5.97. The van der Waals surface area contributed by atoms with Crippen LogP contribution in [0, 0.1) is 13.8 Å². The lowest BCUT2D eigenvalue weighted by Crippen LogP contribution is -2.33. The molecule has 1 aromatic heterocycles. The Hall–Kier alpha value is -2.79. The molecule has 5 heteroatoms. The van der Waals surface area contributed by atoms with E-state index in [-0.39, 0.29) is 5.91 Å². The van der Waals surface area contributed by atoms with Gasteiger partial charge in [-0.2, -0.15) is 0 Å². The van der Waals surface area contributed by atoms with Gasteiger partial charge in [0.05, 0.1) is 29.0 Å². The number of carbonyl (C=O) groups is 1. The molecule has 0 bridgehead atoms. The van der Waals surface area contributed by atoms with Gasteiger partial charge in [-0.15, -0.1) is 0 Å². The fourth-order valence-corrected chi connectivity index (χ4v) is 2.80. The minimum Gasteiger partial charge on any atom is -0.383 e. The second-order valence-electron chi connectivity index (χ2n) is 6.30. The molecule has 0 N–H and O–H groups in total. The molecule has 0 saturated heterocycles. The quantitative estimate of drug-likeness (QED) is 0.683. The Kier molecular flexibility index (Phi) is 5.58. The summed E-state index contributed by atoms with van der Waals surface area (Å²) in [4.78, 5) is 24.0. The Morgan fingerprint density at radius 2 is 1.69 bits per heavy atom. The smallest absolute Gasteiger partial charge is 0.254 e. The van der Waals surface area contributed by atoms with E-state index >= 15 is 0 Å². The van der Waals surface area contributed by atoms with Gasteiger partial charge in [-0.05, 0) is 37.6 Å². The SMILES string of the molecule is COCCN(Cc1ccccc1)C(=O)c1ccc2nc(C)c(C)nc2c1. The average molecular weight is 349 g/mol. The first-order valence-electron chi connectivity index (χ1n) is 8.65. The molecule has 0 atom stereocenters. The van der Waals surface area contributed by atoms with Crippen LogP contribution >= 0.6 is 0 Å². The largest absolute Gasteiger partial charge is 0.383 e. The molecule has 5 nitrogen and oxygen atoms in total. The number of hydrogen-bond donors (Lipinski definition) is 0. The second kappa shape index (κ2) is 8.06. The molecular weight excluding hydrogens is 326 g/mol. The van der Waals surface area contributed by atoms with Gasteiger partial charge in [-0.1, -0.05) is 30.3 Å². The highest BCUT2D eigenvalue weighted by atomic mass is 16.5. The van der Waals surface area contributed by atoms with Crippen molar-refractivity contribution in [3.05, 3.63) is 71.0 Å². The van der Waals surface area contributed by atoms with Crippen molar-refractivity contribution < 1.29 is 9.53 Å². The van der Waals surface area contributed by atoms with Gasteiger partial charge in [0.1, 0.15) is 0 Å². The van der Waals surface area contributed by atoms with Crippen molar-refractivity contribution in [2.24, 2.45) is 0 Å². The second-order valence-corrected chi connectivity index (χ2v) is 6.30. The van der Waals surface area contributed by atoms with Gasteiger partial charge < -0.3 is 9.64 Å². The fraction of sp³-hybridized carbons (Fsp3) is 0.286. The highest BCUT2D eigenvalue weighted by Gasteiger charge is 2.17. The maximum absolute atomic E-state index is 13.1. The van der Waals surface area contributed by atoms with Gasteiger partial charge in [-0.25, -0.2) is 9.97 Å². The Bertz CT molecular complexity index is 910. The summed E-state index contributed by atoms with van der Waals surface area (Å²) in [6, 6.07) is 15.5. The number of aryl methyl sites for hydroxylation is 2. The van der Waals surface area contributed by atoms with Gasteiger partial charge >= 0.3 is 0 Å². The van der Waals surface area contributed by atoms with Crippen molar-refractivity contribution in [1.29, 1.82) is 0 Å². The summed E-state index contributed by atoms with van der Waals surface area (Å²) in [5.74, 6) is -0.0344. The van der Waals surface area contributed by atoms with Crippen molar-refractivity contribution in [1.82, 2.24) is 14.9 Å². The van der Waals surface area contributed by atoms with E-state index in [1.165, 1.54) is 0 Å². The zero-order valence-corrected chi connectivity index (χ0v) is 15.4. The van der Waals surface area contributed by atoms with E-state index in [0.29, 0.717) is 25.3 Å². The number of rotatable bonds is 6. The number of amides is 1. The van der Waals surface area contributed by atoms with Crippen molar-refractivity contribution in [3.63, 3.8) is 0 Å². The van der Waals surface area contributed by atoms with Gasteiger partial charge in [0, 0.05) is 25.8 Å². The third-order valence-corrected chi connectivity index (χ3v) is 4.39. The Balaban J connectivity index is 1.90. The number of benzene rings is 2. The number of ether oxygens (including phenoxy) is 1. The van der Waals surface area contributed by atoms with Crippen LogP contribution in [0.25, 0.3) is 11.0 Å². The third-order valence-electron chi connectivity index (χ3n) is 4.39. The van der Waals surface area contributed by atoms with Crippen LogP contribution in [0.4, 0.5) is 0 Å². The van der Waals surface area contributed by atoms with E-state index in [4.69, 9.17) is 4.74 Å². The van der Waals surface area contributed by atoms with Crippen LogP contribution in [-0.2, 0) is 11.3 Å². The van der Waals surface area contributed by atoms with E-state index in [1.54, 1.807) is 12.0 Å². The molecule has 0 aliphatic carbocycles. The monoisotopic (exact) mass is 349 g/mol. The Labute approximate surface area is 153 Å². The van der Waals surface area contributed by atoms with Crippen molar-refractivity contribution in [2.75, 3.05) is 20.3 Å². The van der Waals surface area contributed by atoms with Crippen molar-refractivity contribution >= 4 is 16.9 Å². The van der Waals surface area contributed by atoms with Crippen molar-refractivity contribution in [2.45, 2.75) is 20.4 Å². The Morgan fingerprint density at radius 1 is 1.00 bits per heavy atom. The standard InChI is InChI=1S/C21H23N3O2/c1-15-16(2)23-20-13-18(9-10-19(20)22-15)21(25)24(11-12-26-3)14-17-7-5-4-6-8-17/h4-10,13H,11-12,14H2,1-3H3. The Morgan fingerprint density at radius 3 is 2.38 bits per heavy atom. The van der Waals surface area contributed by atoms with Crippen LogP contribution in [0.15, 0.2) is 48.5 Å². The topological polar surface area (TPSA) is 55.3 Å². The number of nitrogens with zero attached hydrogens (tertiary/aromatic N) is 3. The summed E-state index contributed by atoms with van der Waals surface area (Å²) < 4.78 is 5.18. The van der Waals surface area contributed by atoms with Crippen LogP contribution in [0.3, 0.4) is 0 Å². The molecule has 0 spiro atoms.